The van der Waals surface area contributed by atoms with E-state index in [1.54, 1.807) is 0 Å². The molecule has 0 bridgehead atoms. The van der Waals surface area contributed by atoms with Crippen LogP contribution < -0.4 is 5.32 Å². The van der Waals surface area contributed by atoms with Gasteiger partial charge in [0.15, 0.2) is 0 Å². The number of carbonyl (C=O) groups excluding carboxylic acids is 1. The molecular weight excluding hydrogens is 350 g/mol. The maximum absolute atomic E-state index is 12.0. The molecule has 1 unspecified atom stereocenters. The van der Waals surface area contributed by atoms with Crippen LogP contribution in [-0.4, -0.2) is 22.9 Å². The average molecular weight is 373 g/mol. The lowest BCUT2D eigenvalue weighted by molar-refractivity contribution is -0.141. The van der Waals surface area contributed by atoms with Gasteiger partial charge in [0.2, 0.25) is 0 Å². The van der Waals surface area contributed by atoms with Crippen LogP contribution >= 0.6 is 0 Å². The van der Waals surface area contributed by atoms with Crippen LogP contribution in [0.1, 0.15) is 30.0 Å². The molecule has 0 heterocycles. The minimum atomic E-state index is -1.05. The lowest BCUT2D eigenvalue weighted by Crippen LogP contribution is -2.53. The highest BCUT2D eigenvalue weighted by Crippen LogP contribution is 2.37. The third kappa shape index (κ3) is 4.02. The molecule has 4 nitrogen and oxygen atoms in total. The summed E-state index contributed by atoms with van der Waals surface area (Å²) in [6.45, 7) is 1.41. The topological polar surface area (TPSA) is 66.4 Å². The fourth-order valence-electron chi connectivity index (χ4n) is 3.56. The Morgan fingerprint density at radius 3 is 1.43 bits per heavy atom. The summed E-state index contributed by atoms with van der Waals surface area (Å²) in [5, 5.41) is 13.1. The number of hydrogen-bond donors (Lipinski definition) is 2. The van der Waals surface area contributed by atoms with Gasteiger partial charge in [0.1, 0.15) is 11.8 Å². The molecule has 3 rings (SSSR count). The number of carbonyl (C=O) groups is 2. The third-order valence-electron chi connectivity index (χ3n) is 4.80. The van der Waals surface area contributed by atoms with E-state index in [1.165, 1.54) is 6.92 Å². The number of hydrogen-bond acceptors (Lipinski definition) is 3. The lowest BCUT2D eigenvalue weighted by Gasteiger charge is -2.39. The van der Waals surface area contributed by atoms with Crippen molar-refractivity contribution in [3.8, 4) is 0 Å². The minimum Gasteiger partial charge on any atom is -0.480 e. The lowest BCUT2D eigenvalue weighted by atomic mass is 9.76. The van der Waals surface area contributed by atoms with Crippen molar-refractivity contribution < 1.29 is 14.7 Å². The van der Waals surface area contributed by atoms with Gasteiger partial charge in [0.05, 0.1) is 5.54 Å². The highest BCUT2D eigenvalue weighted by atomic mass is 16.4. The monoisotopic (exact) mass is 373 g/mol. The molecule has 0 aliphatic heterocycles. The maximum Gasteiger partial charge on any atom is 0.321 e. The second-order valence-corrected chi connectivity index (χ2v) is 6.79. The standard InChI is InChI=1S/C24H23NO3/c1-18(26)17-22(23(27)28)25-24(19-11-5-2-6-12-19,20-13-7-3-8-14-20)21-15-9-4-10-16-21/h2-16,22,25H,17H2,1H3,(H,27,28). The first-order valence-electron chi connectivity index (χ1n) is 9.20. The predicted molar refractivity (Wildman–Crippen MR) is 109 cm³/mol. The molecule has 0 spiro atoms. The van der Waals surface area contributed by atoms with Crippen molar-refractivity contribution in [3.05, 3.63) is 108 Å². The van der Waals surface area contributed by atoms with E-state index in [-0.39, 0.29) is 12.2 Å². The van der Waals surface area contributed by atoms with Gasteiger partial charge < -0.3 is 5.11 Å². The minimum absolute atomic E-state index is 0.0937. The van der Waals surface area contributed by atoms with Gasteiger partial charge in [-0.25, -0.2) is 0 Å². The quantitative estimate of drug-likeness (QED) is 0.586. The fraction of sp³-hybridized carbons (Fsp3) is 0.167. The molecule has 3 aromatic rings. The summed E-state index contributed by atoms with van der Waals surface area (Å²) in [6.07, 6.45) is -0.0937. The molecule has 0 amide bonds. The zero-order chi connectivity index (χ0) is 20.0. The average Bonchev–Trinajstić information content (AvgIpc) is 2.72. The number of benzene rings is 3. The van der Waals surface area contributed by atoms with Crippen LogP contribution in [0.15, 0.2) is 91.0 Å². The zero-order valence-electron chi connectivity index (χ0n) is 15.7. The van der Waals surface area contributed by atoms with Crippen molar-refractivity contribution in [1.82, 2.24) is 5.32 Å². The Bertz CT molecular complexity index is 827. The van der Waals surface area contributed by atoms with Crippen LogP contribution in [0.5, 0.6) is 0 Å². The predicted octanol–water partition coefficient (Wildman–Crippen LogP) is 4.00. The van der Waals surface area contributed by atoms with Gasteiger partial charge in [-0.1, -0.05) is 91.0 Å². The summed E-state index contributed by atoms with van der Waals surface area (Å²) in [4.78, 5) is 23.7. The molecule has 4 heteroatoms. The van der Waals surface area contributed by atoms with Crippen molar-refractivity contribution >= 4 is 11.8 Å². The Kier molecular flexibility index (Phi) is 6.02. The summed E-state index contributed by atoms with van der Waals surface area (Å²) in [7, 11) is 0. The molecule has 0 saturated heterocycles. The molecule has 142 valence electrons. The van der Waals surface area contributed by atoms with E-state index >= 15 is 0 Å². The van der Waals surface area contributed by atoms with Crippen LogP contribution in [-0.2, 0) is 15.1 Å². The van der Waals surface area contributed by atoms with Gasteiger partial charge >= 0.3 is 5.97 Å². The first-order valence-corrected chi connectivity index (χ1v) is 9.20. The Morgan fingerprint density at radius 2 is 1.14 bits per heavy atom. The molecule has 0 radical (unpaired) electrons. The van der Waals surface area contributed by atoms with Crippen molar-refractivity contribution in [1.29, 1.82) is 0 Å². The second-order valence-electron chi connectivity index (χ2n) is 6.79. The normalized spacial score (nSPS) is 12.3. The second kappa shape index (κ2) is 8.63. The van der Waals surface area contributed by atoms with E-state index in [0.29, 0.717) is 0 Å². The SMILES string of the molecule is CC(=O)CC(NC(c1ccccc1)(c1ccccc1)c1ccccc1)C(=O)O. The van der Waals surface area contributed by atoms with Crippen LogP contribution in [0.4, 0.5) is 0 Å². The van der Waals surface area contributed by atoms with Gasteiger partial charge in [-0.05, 0) is 23.6 Å². The Morgan fingerprint density at radius 1 is 0.786 bits per heavy atom. The van der Waals surface area contributed by atoms with E-state index < -0.39 is 17.6 Å². The molecule has 28 heavy (non-hydrogen) atoms. The summed E-state index contributed by atoms with van der Waals surface area (Å²) < 4.78 is 0. The fourth-order valence-corrected chi connectivity index (χ4v) is 3.56. The van der Waals surface area contributed by atoms with Gasteiger partial charge in [0.25, 0.3) is 0 Å². The van der Waals surface area contributed by atoms with Crippen molar-refractivity contribution in [2.75, 3.05) is 0 Å². The molecule has 1 atom stereocenters. The molecule has 0 aliphatic carbocycles. The van der Waals surface area contributed by atoms with Gasteiger partial charge in [-0.2, -0.15) is 0 Å². The summed E-state index contributed by atoms with van der Waals surface area (Å²) in [5.74, 6) is -1.23. The zero-order valence-corrected chi connectivity index (χ0v) is 15.7. The first-order chi connectivity index (χ1) is 13.5. The number of carboxylic acid groups (broad SMARTS) is 1. The Labute approximate surface area is 164 Å². The van der Waals surface area contributed by atoms with E-state index in [9.17, 15) is 14.7 Å². The highest BCUT2D eigenvalue weighted by Gasteiger charge is 2.40. The molecule has 0 aliphatic rings. The molecular formula is C24H23NO3. The smallest absolute Gasteiger partial charge is 0.321 e. The summed E-state index contributed by atoms with van der Waals surface area (Å²) in [5.41, 5.74) is 1.80. The molecule has 0 aromatic heterocycles. The van der Waals surface area contributed by atoms with Crippen LogP contribution in [0.3, 0.4) is 0 Å². The summed E-state index contributed by atoms with van der Waals surface area (Å²) >= 11 is 0. The molecule has 2 N–H and O–H groups in total. The van der Waals surface area contributed by atoms with Crippen LogP contribution in [0.2, 0.25) is 0 Å². The van der Waals surface area contributed by atoms with Crippen LogP contribution in [0.25, 0.3) is 0 Å². The van der Waals surface area contributed by atoms with Crippen molar-refractivity contribution in [2.45, 2.75) is 24.9 Å². The van der Waals surface area contributed by atoms with Crippen LogP contribution in [0, 0.1) is 0 Å². The molecule has 0 fully saturated rings. The number of nitrogens with one attached hydrogen (secondary N) is 1. The largest absolute Gasteiger partial charge is 0.480 e. The van der Waals surface area contributed by atoms with E-state index in [2.05, 4.69) is 5.32 Å². The van der Waals surface area contributed by atoms with E-state index in [0.717, 1.165) is 16.7 Å². The number of rotatable bonds is 8. The van der Waals surface area contributed by atoms with Gasteiger partial charge in [0, 0.05) is 6.42 Å². The van der Waals surface area contributed by atoms with Crippen molar-refractivity contribution in [2.24, 2.45) is 0 Å². The summed E-state index contributed by atoms with van der Waals surface area (Å²) in [6, 6.07) is 28.2. The van der Waals surface area contributed by atoms with Crippen molar-refractivity contribution in [3.63, 3.8) is 0 Å². The number of Topliss-reactive ketones (excluding diaryl/α,β-unsaturated/α-hetero) is 1. The Hall–Kier alpha value is -3.24. The van der Waals surface area contributed by atoms with E-state index in [4.69, 9.17) is 0 Å². The third-order valence-corrected chi connectivity index (χ3v) is 4.80. The van der Waals surface area contributed by atoms with Gasteiger partial charge in [-0.15, -0.1) is 0 Å². The molecule has 0 saturated carbocycles. The number of aliphatic carboxylic acids is 1. The number of carboxylic acids is 1. The highest BCUT2D eigenvalue weighted by molar-refractivity contribution is 5.84. The van der Waals surface area contributed by atoms with E-state index in [1.807, 2.05) is 91.0 Å². The first kappa shape index (κ1) is 19.5. The maximum atomic E-state index is 12.0. The van der Waals surface area contributed by atoms with Gasteiger partial charge in [-0.3, -0.25) is 14.9 Å². The Balaban J connectivity index is 2.27. The number of ketones is 1. The molecule has 3 aromatic carbocycles.